The molecule has 1 amide bonds. The Bertz CT molecular complexity index is 1330. The van der Waals surface area contributed by atoms with Crippen LogP contribution in [0.5, 0.6) is 5.75 Å². The number of nitrogens with zero attached hydrogens (tertiary/aromatic N) is 1. The molecule has 0 fully saturated rings. The molecular weight excluding hydrogens is 434 g/mol. The van der Waals surface area contributed by atoms with Gasteiger partial charge in [0.25, 0.3) is 5.91 Å². The molecule has 1 heterocycles. The molecular formula is C23H18ClN3O3S. The SMILES string of the molecule is Cc1ccc2nc(-c3ccc(NC(=S)NC(=O)c4ccc(C)c(Cl)c4)cc3O)oc2c1. The number of phenolic OH excluding ortho intramolecular Hbond substituents is 1. The van der Waals surface area contributed by atoms with Gasteiger partial charge in [0.1, 0.15) is 11.3 Å². The minimum Gasteiger partial charge on any atom is -0.507 e. The van der Waals surface area contributed by atoms with E-state index in [9.17, 15) is 9.90 Å². The minimum atomic E-state index is -0.387. The van der Waals surface area contributed by atoms with Crippen LogP contribution in [0.1, 0.15) is 21.5 Å². The number of aromatic hydroxyl groups is 1. The lowest BCUT2D eigenvalue weighted by atomic mass is 10.1. The van der Waals surface area contributed by atoms with Crippen molar-refractivity contribution in [2.45, 2.75) is 13.8 Å². The third kappa shape index (κ3) is 4.52. The van der Waals surface area contributed by atoms with Crippen molar-refractivity contribution in [3.8, 4) is 17.2 Å². The number of nitrogens with one attached hydrogen (secondary N) is 2. The fourth-order valence-corrected chi connectivity index (χ4v) is 3.40. The highest BCUT2D eigenvalue weighted by molar-refractivity contribution is 7.80. The lowest BCUT2D eigenvalue weighted by Gasteiger charge is -2.11. The fourth-order valence-electron chi connectivity index (χ4n) is 3.01. The van der Waals surface area contributed by atoms with E-state index in [0.29, 0.717) is 38.8 Å². The van der Waals surface area contributed by atoms with Crippen LogP contribution >= 0.6 is 23.8 Å². The average Bonchev–Trinajstić information content (AvgIpc) is 3.12. The highest BCUT2D eigenvalue weighted by Gasteiger charge is 2.14. The van der Waals surface area contributed by atoms with Gasteiger partial charge < -0.3 is 14.8 Å². The molecule has 4 rings (SSSR count). The Morgan fingerprint density at radius 1 is 1.10 bits per heavy atom. The molecule has 8 heteroatoms. The third-order valence-electron chi connectivity index (χ3n) is 4.69. The van der Waals surface area contributed by atoms with Gasteiger partial charge in [-0.3, -0.25) is 10.1 Å². The number of carbonyl (C=O) groups is 1. The number of oxazole rings is 1. The summed E-state index contributed by atoms with van der Waals surface area (Å²) >= 11 is 11.3. The van der Waals surface area contributed by atoms with E-state index in [-0.39, 0.29) is 16.8 Å². The van der Waals surface area contributed by atoms with Crippen LogP contribution in [0.2, 0.25) is 5.02 Å². The Hall–Kier alpha value is -3.42. The van der Waals surface area contributed by atoms with Gasteiger partial charge in [0.05, 0.1) is 5.56 Å². The van der Waals surface area contributed by atoms with E-state index in [1.54, 1.807) is 30.3 Å². The largest absolute Gasteiger partial charge is 0.507 e. The van der Waals surface area contributed by atoms with Crippen LogP contribution in [-0.2, 0) is 0 Å². The van der Waals surface area contributed by atoms with Gasteiger partial charge in [-0.2, -0.15) is 0 Å². The number of anilines is 1. The van der Waals surface area contributed by atoms with Crippen molar-refractivity contribution in [2.24, 2.45) is 0 Å². The molecule has 0 saturated carbocycles. The summed E-state index contributed by atoms with van der Waals surface area (Å²) in [6, 6.07) is 15.6. The van der Waals surface area contributed by atoms with E-state index in [4.69, 9.17) is 28.2 Å². The number of rotatable bonds is 3. The molecule has 3 aromatic carbocycles. The number of aryl methyl sites for hydroxylation is 2. The van der Waals surface area contributed by atoms with Crippen molar-refractivity contribution in [3.63, 3.8) is 0 Å². The standard InChI is InChI=1S/C23H18ClN3O3S/c1-12-3-8-18-20(9-12)30-22(26-18)16-7-6-15(11-19(16)28)25-23(31)27-21(29)14-5-4-13(2)17(24)10-14/h3-11,28H,1-2H3,(H2,25,27,29,31). The molecule has 31 heavy (non-hydrogen) atoms. The van der Waals surface area contributed by atoms with E-state index >= 15 is 0 Å². The second kappa shape index (κ2) is 8.37. The molecule has 0 atom stereocenters. The van der Waals surface area contributed by atoms with Crippen molar-refractivity contribution >= 4 is 51.6 Å². The Morgan fingerprint density at radius 3 is 2.65 bits per heavy atom. The first kappa shape index (κ1) is 20.8. The third-order valence-corrected chi connectivity index (χ3v) is 5.30. The molecule has 0 aliphatic rings. The molecule has 0 bridgehead atoms. The van der Waals surface area contributed by atoms with Crippen LogP contribution < -0.4 is 10.6 Å². The van der Waals surface area contributed by atoms with E-state index in [1.165, 1.54) is 6.07 Å². The summed E-state index contributed by atoms with van der Waals surface area (Å²) in [6.45, 7) is 3.82. The summed E-state index contributed by atoms with van der Waals surface area (Å²) in [7, 11) is 0. The normalized spacial score (nSPS) is 10.8. The topological polar surface area (TPSA) is 87.4 Å². The highest BCUT2D eigenvalue weighted by Crippen LogP contribution is 2.33. The number of fused-ring (bicyclic) bond motifs is 1. The van der Waals surface area contributed by atoms with Gasteiger partial charge in [0.15, 0.2) is 10.7 Å². The smallest absolute Gasteiger partial charge is 0.257 e. The summed E-state index contributed by atoms with van der Waals surface area (Å²) in [6.07, 6.45) is 0. The molecule has 3 N–H and O–H groups in total. The van der Waals surface area contributed by atoms with E-state index < -0.39 is 0 Å². The van der Waals surface area contributed by atoms with E-state index in [2.05, 4.69) is 15.6 Å². The Balaban J connectivity index is 1.47. The van der Waals surface area contributed by atoms with Gasteiger partial charge in [-0.25, -0.2) is 4.98 Å². The van der Waals surface area contributed by atoms with Gasteiger partial charge in [0, 0.05) is 22.3 Å². The maximum Gasteiger partial charge on any atom is 0.257 e. The molecule has 4 aromatic rings. The zero-order valence-electron chi connectivity index (χ0n) is 16.7. The minimum absolute atomic E-state index is 0.0345. The van der Waals surface area contributed by atoms with E-state index in [1.807, 2.05) is 32.0 Å². The second-order valence-corrected chi connectivity index (χ2v) is 7.91. The highest BCUT2D eigenvalue weighted by atomic mass is 35.5. The maximum absolute atomic E-state index is 12.4. The quantitative estimate of drug-likeness (QED) is 0.351. The molecule has 1 aromatic heterocycles. The number of aromatic nitrogens is 1. The Morgan fingerprint density at radius 2 is 1.90 bits per heavy atom. The summed E-state index contributed by atoms with van der Waals surface area (Å²) in [4.78, 5) is 16.8. The summed E-state index contributed by atoms with van der Waals surface area (Å²) in [5.41, 5.74) is 4.64. The number of hydrogen-bond acceptors (Lipinski definition) is 5. The number of carbonyl (C=O) groups excluding carboxylic acids is 1. The van der Waals surface area contributed by atoms with Crippen molar-refractivity contribution in [3.05, 3.63) is 76.3 Å². The molecule has 6 nitrogen and oxygen atoms in total. The number of hydrogen-bond donors (Lipinski definition) is 3. The molecule has 0 radical (unpaired) electrons. The average molecular weight is 452 g/mol. The zero-order valence-corrected chi connectivity index (χ0v) is 18.3. The first-order valence-electron chi connectivity index (χ1n) is 9.39. The van der Waals surface area contributed by atoms with Crippen LogP contribution in [0.15, 0.2) is 59.0 Å². The van der Waals surface area contributed by atoms with Gasteiger partial charge in [0.2, 0.25) is 5.89 Å². The van der Waals surface area contributed by atoms with Gasteiger partial charge >= 0.3 is 0 Å². The number of halogens is 1. The first-order valence-corrected chi connectivity index (χ1v) is 10.2. The summed E-state index contributed by atoms with van der Waals surface area (Å²) in [5, 5.41) is 16.5. The van der Waals surface area contributed by atoms with Crippen LogP contribution in [0.25, 0.3) is 22.6 Å². The molecule has 0 aliphatic carbocycles. The summed E-state index contributed by atoms with van der Waals surface area (Å²) < 4.78 is 5.77. The van der Waals surface area contributed by atoms with Crippen molar-refractivity contribution in [1.82, 2.24) is 10.3 Å². The lowest BCUT2D eigenvalue weighted by molar-refractivity contribution is 0.0977. The lowest BCUT2D eigenvalue weighted by Crippen LogP contribution is -2.34. The molecule has 156 valence electrons. The van der Waals surface area contributed by atoms with Crippen LogP contribution in [0.4, 0.5) is 5.69 Å². The van der Waals surface area contributed by atoms with Crippen LogP contribution in [0.3, 0.4) is 0 Å². The number of benzene rings is 3. The fraction of sp³-hybridized carbons (Fsp3) is 0.0870. The number of thiocarbonyl (C=S) groups is 1. The van der Waals surface area contributed by atoms with Crippen LogP contribution in [-0.4, -0.2) is 21.1 Å². The Kier molecular flexibility index (Phi) is 5.63. The number of amides is 1. The first-order chi connectivity index (χ1) is 14.8. The van der Waals surface area contributed by atoms with Crippen molar-refractivity contribution in [1.29, 1.82) is 0 Å². The maximum atomic E-state index is 12.4. The number of phenols is 1. The van der Waals surface area contributed by atoms with Crippen molar-refractivity contribution < 1.29 is 14.3 Å². The van der Waals surface area contributed by atoms with Gasteiger partial charge in [-0.1, -0.05) is 23.7 Å². The predicted molar refractivity (Wildman–Crippen MR) is 126 cm³/mol. The molecule has 0 spiro atoms. The summed E-state index contributed by atoms with van der Waals surface area (Å²) in [5.74, 6) is -0.105. The zero-order chi connectivity index (χ0) is 22.1. The molecule has 0 aliphatic heterocycles. The van der Waals surface area contributed by atoms with Crippen molar-refractivity contribution in [2.75, 3.05) is 5.32 Å². The molecule has 0 unspecified atom stereocenters. The Labute approximate surface area is 188 Å². The van der Waals surface area contributed by atoms with Gasteiger partial charge in [-0.15, -0.1) is 0 Å². The predicted octanol–water partition coefficient (Wildman–Crippen LogP) is 5.60. The molecule has 0 saturated heterocycles. The van der Waals surface area contributed by atoms with E-state index in [0.717, 1.165) is 11.1 Å². The van der Waals surface area contributed by atoms with Gasteiger partial charge in [-0.05, 0) is 73.6 Å². The second-order valence-electron chi connectivity index (χ2n) is 7.09. The monoisotopic (exact) mass is 451 g/mol. The van der Waals surface area contributed by atoms with Crippen LogP contribution in [0, 0.1) is 13.8 Å².